The molecule has 0 saturated carbocycles. The van der Waals surface area contributed by atoms with E-state index in [4.69, 9.17) is 0 Å². The molecule has 5 heteroatoms. The van der Waals surface area contributed by atoms with Crippen LogP contribution in [0, 0.1) is 5.82 Å². The zero-order chi connectivity index (χ0) is 11.5. The highest BCUT2D eigenvalue weighted by Gasteiger charge is 2.22. The molecule has 0 aliphatic carbocycles. The number of pyridine rings is 1. The van der Waals surface area contributed by atoms with Gasteiger partial charge in [0.15, 0.2) is 0 Å². The third-order valence-electron chi connectivity index (χ3n) is 2.66. The number of halogens is 2. The first-order chi connectivity index (χ1) is 7.66. The van der Waals surface area contributed by atoms with Crippen LogP contribution >= 0.6 is 15.9 Å². The van der Waals surface area contributed by atoms with Gasteiger partial charge in [-0.1, -0.05) is 15.9 Å². The molecular weight excluding hydrogens is 275 g/mol. The molecular formula is C11H12BrFN2O. The topological polar surface area (TPSA) is 33.2 Å². The second kappa shape index (κ2) is 4.91. The van der Waals surface area contributed by atoms with Crippen LogP contribution in [0.1, 0.15) is 23.3 Å². The Morgan fingerprint density at radius 1 is 1.44 bits per heavy atom. The molecule has 3 nitrogen and oxygen atoms in total. The predicted octanol–water partition coefficient (Wildman–Crippen LogP) is 2.22. The van der Waals surface area contributed by atoms with E-state index >= 15 is 0 Å². The maximum absolute atomic E-state index is 12.6. The lowest BCUT2D eigenvalue weighted by Gasteiger charge is -2.29. The summed E-state index contributed by atoms with van der Waals surface area (Å²) < 4.78 is 12.6. The number of alkyl halides is 1. The molecule has 1 aliphatic rings. The predicted molar refractivity (Wildman–Crippen MR) is 62.0 cm³/mol. The molecule has 1 aromatic heterocycles. The largest absolute Gasteiger partial charge is 0.337 e. The summed E-state index contributed by atoms with van der Waals surface area (Å²) in [5.41, 5.74) is 0.314. The fraction of sp³-hybridized carbons (Fsp3) is 0.455. The smallest absolute Gasteiger partial charge is 0.272 e. The molecule has 0 bridgehead atoms. The van der Waals surface area contributed by atoms with Gasteiger partial charge in [0.25, 0.3) is 5.91 Å². The Morgan fingerprint density at radius 3 is 2.69 bits per heavy atom. The lowest BCUT2D eigenvalue weighted by atomic mass is 10.1. The Bertz CT molecular complexity index is 374. The molecule has 2 rings (SSSR count). The van der Waals surface area contributed by atoms with E-state index in [0.717, 1.165) is 32.1 Å². The Labute approximate surface area is 102 Å². The van der Waals surface area contributed by atoms with Gasteiger partial charge < -0.3 is 4.90 Å². The highest BCUT2D eigenvalue weighted by molar-refractivity contribution is 9.09. The molecule has 16 heavy (non-hydrogen) atoms. The number of hydrogen-bond acceptors (Lipinski definition) is 2. The van der Waals surface area contributed by atoms with Crippen LogP contribution in [-0.2, 0) is 0 Å². The molecule has 1 aliphatic heterocycles. The Kier molecular flexibility index (Phi) is 3.53. The number of piperidine rings is 1. The molecule has 0 spiro atoms. The van der Waals surface area contributed by atoms with Gasteiger partial charge in [0, 0.05) is 17.9 Å². The third-order valence-corrected chi connectivity index (χ3v) is 3.57. The highest BCUT2D eigenvalue weighted by Crippen LogP contribution is 2.18. The number of aromatic nitrogens is 1. The summed E-state index contributed by atoms with van der Waals surface area (Å²) in [5.74, 6) is -0.532. The quantitative estimate of drug-likeness (QED) is 0.742. The van der Waals surface area contributed by atoms with Crippen LogP contribution in [0.5, 0.6) is 0 Å². The fourth-order valence-corrected chi connectivity index (χ4v) is 2.12. The van der Waals surface area contributed by atoms with E-state index in [1.54, 1.807) is 4.90 Å². The van der Waals surface area contributed by atoms with E-state index in [9.17, 15) is 9.18 Å². The summed E-state index contributed by atoms with van der Waals surface area (Å²) in [4.78, 5) is 18.0. The normalized spacial score (nSPS) is 17.5. The van der Waals surface area contributed by atoms with Crippen molar-refractivity contribution >= 4 is 21.8 Å². The number of likely N-dealkylation sites (tertiary alicyclic amines) is 1. The molecule has 1 saturated heterocycles. The Balaban J connectivity index is 2.05. The van der Waals surface area contributed by atoms with Gasteiger partial charge in [-0.05, 0) is 25.0 Å². The van der Waals surface area contributed by atoms with Gasteiger partial charge in [0.1, 0.15) is 11.5 Å². The van der Waals surface area contributed by atoms with Crippen LogP contribution < -0.4 is 0 Å². The molecule has 0 radical (unpaired) electrons. The van der Waals surface area contributed by atoms with Crippen molar-refractivity contribution in [1.29, 1.82) is 0 Å². The molecule has 0 N–H and O–H groups in total. The van der Waals surface area contributed by atoms with Crippen LogP contribution in [0.15, 0.2) is 18.3 Å². The van der Waals surface area contributed by atoms with Crippen molar-refractivity contribution in [2.24, 2.45) is 0 Å². The molecule has 1 fully saturated rings. The molecule has 0 atom stereocenters. The van der Waals surface area contributed by atoms with Crippen LogP contribution in [0.3, 0.4) is 0 Å². The van der Waals surface area contributed by atoms with Gasteiger partial charge in [0.2, 0.25) is 0 Å². The third kappa shape index (κ3) is 2.58. The Hall–Kier alpha value is -0.970. The summed E-state index contributed by atoms with van der Waals surface area (Å²) in [5, 5.41) is 0. The van der Waals surface area contributed by atoms with E-state index in [-0.39, 0.29) is 5.91 Å². The number of amides is 1. The van der Waals surface area contributed by atoms with Gasteiger partial charge in [-0.3, -0.25) is 4.79 Å². The summed E-state index contributed by atoms with van der Waals surface area (Å²) in [6.45, 7) is 1.46. The monoisotopic (exact) mass is 286 g/mol. The van der Waals surface area contributed by atoms with Crippen LogP contribution in [0.25, 0.3) is 0 Å². The summed E-state index contributed by atoms with van der Waals surface area (Å²) >= 11 is 3.53. The molecule has 0 aromatic carbocycles. The van der Waals surface area contributed by atoms with Gasteiger partial charge in [-0.15, -0.1) is 0 Å². The number of carbonyl (C=O) groups excluding carboxylic acids is 1. The van der Waals surface area contributed by atoms with Crippen molar-refractivity contribution in [1.82, 2.24) is 9.88 Å². The highest BCUT2D eigenvalue weighted by atomic mass is 79.9. The van der Waals surface area contributed by atoms with Crippen molar-refractivity contribution < 1.29 is 9.18 Å². The second-order valence-corrected chi connectivity index (χ2v) is 5.12. The van der Waals surface area contributed by atoms with Crippen molar-refractivity contribution in [3.05, 3.63) is 29.8 Å². The number of nitrogens with zero attached hydrogens (tertiary/aromatic N) is 2. The summed E-state index contributed by atoms with van der Waals surface area (Å²) in [6.07, 6.45) is 2.98. The maximum Gasteiger partial charge on any atom is 0.272 e. The minimum atomic E-state index is -0.421. The SMILES string of the molecule is O=C(c1ccc(F)cn1)N1CCC(Br)CC1. The molecule has 1 aromatic rings. The lowest BCUT2D eigenvalue weighted by molar-refractivity contribution is 0.0722. The van der Waals surface area contributed by atoms with Crippen LogP contribution in [0.2, 0.25) is 0 Å². The molecule has 1 amide bonds. The summed E-state index contributed by atoms with van der Waals surface area (Å²) in [7, 11) is 0. The zero-order valence-corrected chi connectivity index (χ0v) is 10.3. The molecule has 86 valence electrons. The van der Waals surface area contributed by atoms with Crippen LogP contribution in [0.4, 0.5) is 4.39 Å². The van der Waals surface area contributed by atoms with E-state index < -0.39 is 5.82 Å². The van der Waals surface area contributed by atoms with E-state index in [1.165, 1.54) is 12.1 Å². The minimum Gasteiger partial charge on any atom is -0.337 e. The first-order valence-electron chi connectivity index (χ1n) is 5.22. The van der Waals surface area contributed by atoms with Gasteiger partial charge >= 0.3 is 0 Å². The molecule has 2 heterocycles. The summed E-state index contributed by atoms with van der Waals surface area (Å²) in [6, 6.07) is 2.69. The van der Waals surface area contributed by atoms with Gasteiger partial charge in [-0.25, -0.2) is 9.37 Å². The zero-order valence-electron chi connectivity index (χ0n) is 8.70. The van der Waals surface area contributed by atoms with Crippen molar-refractivity contribution in [2.45, 2.75) is 17.7 Å². The average Bonchev–Trinajstić information content (AvgIpc) is 2.30. The lowest BCUT2D eigenvalue weighted by Crippen LogP contribution is -2.39. The van der Waals surface area contributed by atoms with E-state index in [0.29, 0.717) is 10.5 Å². The van der Waals surface area contributed by atoms with Gasteiger partial charge in [-0.2, -0.15) is 0 Å². The van der Waals surface area contributed by atoms with Crippen LogP contribution in [-0.4, -0.2) is 33.7 Å². The number of carbonyl (C=O) groups is 1. The fourth-order valence-electron chi connectivity index (χ4n) is 1.72. The number of rotatable bonds is 1. The first kappa shape index (κ1) is 11.5. The van der Waals surface area contributed by atoms with E-state index in [2.05, 4.69) is 20.9 Å². The second-order valence-electron chi connectivity index (χ2n) is 3.83. The first-order valence-corrected chi connectivity index (χ1v) is 6.13. The Morgan fingerprint density at radius 2 is 2.12 bits per heavy atom. The van der Waals surface area contributed by atoms with Crippen molar-refractivity contribution in [3.8, 4) is 0 Å². The minimum absolute atomic E-state index is 0.112. The van der Waals surface area contributed by atoms with Crippen molar-refractivity contribution in [2.75, 3.05) is 13.1 Å². The molecule has 0 unspecified atom stereocenters. The number of hydrogen-bond donors (Lipinski definition) is 0. The van der Waals surface area contributed by atoms with Gasteiger partial charge in [0.05, 0.1) is 6.20 Å². The maximum atomic E-state index is 12.6. The average molecular weight is 287 g/mol. The van der Waals surface area contributed by atoms with E-state index in [1.807, 2.05) is 0 Å². The standard InChI is InChI=1S/C11H12BrFN2O/c12-8-3-5-15(6-4-8)11(16)10-2-1-9(13)7-14-10/h1-2,7-8H,3-6H2. The van der Waals surface area contributed by atoms with Crippen molar-refractivity contribution in [3.63, 3.8) is 0 Å².